The molecule has 190 valence electrons. The topological polar surface area (TPSA) is 113 Å². The van der Waals surface area contributed by atoms with Crippen LogP contribution in [0, 0.1) is 0 Å². The molecule has 0 bridgehead atoms. The van der Waals surface area contributed by atoms with Crippen molar-refractivity contribution in [2.45, 2.75) is 29.9 Å². The van der Waals surface area contributed by atoms with Crippen molar-refractivity contribution in [1.82, 2.24) is 15.3 Å². The maximum Gasteiger partial charge on any atom is 0.263 e. The summed E-state index contributed by atoms with van der Waals surface area (Å²) < 4.78 is 34.4. The highest BCUT2D eigenvalue weighted by molar-refractivity contribution is 7.92. The van der Waals surface area contributed by atoms with Crippen LogP contribution in [0.3, 0.4) is 0 Å². The number of aromatic nitrogens is 2. The molecule has 9 heteroatoms. The lowest BCUT2D eigenvalue weighted by atomic mass is 9.97. The average molecular weight is 517 g/mol. The standard InChI is InChI=1S/C28H28N4O4S/c33-26(23-6-4-13-29-17-23)19-30-18-24-11-9-22-15-21(10-12-27(22)36-24)20-5-3-7-25(16-20)37(34,35)32-28-8-1-2-14-31-28/h1-8,10,12-17,24,26,30,33H,9,11,18-19H2,(H,31,32). The minimum absolute atomic E-state index is 0.00518. The number of aliphatic hydroxyl groups excluding tert-OH is 1. The van der Waals surface area contributed by atoms with Gasteiger partial charge in [0, 0.05) is 37.2 Å². The van der Waals surface area contributed by atoms with Crippen molar-refractivity contribution in [3.63, 3.8) is 0 Å². The van der Waals surface area contributed by atoms with Crippen LogP contribution >= 0.6 is 0 Å². The van der Waals surface area contributed by atoms with Crippen LogP contribution in [0.4, 0.5) is 5.82 Å². The van der Waals surface area contributed by atoms with Crippen LogP contribution < -0.4 is 14.8 Å². The number of hydrogen-bond acceptors (Lipinski definition) is 7. The molecule has 0 aliphatic carbocycles. The fraction of sp³-hybridized carbons (Fsp3) is 0.214. The van der Waals surface area contributed by atoms with Crippen molar-refractivity contribution in [2.75, 3.05) is 17.8 Å². The summed E-state index contributed by atoms with van der Waals surface area (Å²) in [6, 6.07) is 21.5. The third kappa shape index (κ3) is 6.14. The van der Waals surface area contributed by atoms with Crippen LogP contribution in [-0.4, -0.2) is 42.7 Å². The molecule has 8 nitrogen and oxygen atoms in total. The third-order valence-electron chi connectivity index (χ3n) is 6.25. The van der Waals surface area contributed by atoms with Crippen LogP contribution in [0.25, 0.3) is 11.1 Å². The molecule has 0 radical (unpaired) electrons. The maximum atomic E-state index is 12.9. The Bertz CT molecular complexity index is 1450. The van der Waals surface area contributed by atoms with E-state index in [1.165, 1.54) is 6.20 Å². The van der Waals surface area contributed by atoms with Gasteiger partial charge in [0.15, 0.2) is 0 Å². The Morgan fingerprint density at radius 3 is 2.70 bits per heavy atom. The number of anilines is 1. The summed E-state index contributed by atoms with van der Waals surface area (Å²) in [5, 5.41) is 13.6. The molecular weight excluding hydrogens is 488 g/mol. The van der Waals surface area contributed by atoms with Gasteiger partial charge in [0.25, 0.3) is 10.0 Å². The predicted octanol–water partition coefficient (Wildman–Crippen LogP) is 3.96. The zero-order valence-electron chi connectivity index (χ0n) is 20.1. The largest absolute Gasteiger partial charge is 0.489 e. The summed E-state index contributed by atoms with van der Waals surface area (Å²) in [4.78, 5) is 8.26. The maximum absolute atomic E-state index is 12.9. The van der Waals surface area contributed by atoms with Crippen molar-refractivity contribution in [1.29, 1.82) is 0 Å². The van der Waals surface area contributed by atoms with Gasteiger partial charge in [-0.15, -0.1) is 0 Å². The Labute approximate surface area is 216 Å². The number of nitrogens with one attached hydrogen (secondary N) is 2. The van der Waals surface area contributed by atoms with Crippen molar-refractivity contribution < 1.29 is 18.3 Å². The van der Waals surface area contributed by atoms with Crippen LogP contribution in [0.1, 0.15) is 23.7 Å². The summed E-state index contributed by atoms with van der Waals surface area (Å²) in [5.74, 6) is 1.10. The number of rotatable bonds is 9. The first-order valence-corrected chi connectivity index (χ1v) is 13.6. The van der Waals surface area contributed by atoms with Gasteiger partial charge in [0.2, 0.25) is 0 Å². The van der Waals surface area contributed by atoms with E-state index < -0.39 is 16.1 Å². The van der Waals surface area contributed by atoms with Gasteiger partial charge in [-0.05, 0) is 72.0 Å². The van der Waals surface area contributed by atoms with Crippen LogP contribution in [0.15, 0.2) is 96.3 Å². The molecule has 1 aliphatic rings. The zero-order valence-corrected chi connectivity index (χ0v) is 20.9. The Kier molecular flexibility index (Phi) is 7.45. The first kappa shape index (κ1) is 24.9. The summed E-state index contributed by atoms with van der Waals surface area (Å²) in [5.41, 5.74) is 3.60. The molecule has 2 unspecified atom stereocenters. The fourth-order valence-corrected chi connectivity index (χ4v) is 5.36. The molecule has 3 heterocycles. The van der Waals surface area contributed by atoms with Crippen molar-refractivity contribution >= 4 is 15.8 Å². The molecule has 4 aromatic rings. The Morgan fingerprint density at radius 1 is 1.00 bits per heavy atom. The number of aliphatic hydroxyl groups is 1. The summed E-state index contributed by atoms with van der Waals surface area (Å²) in [7, 11) is -3.77. The van der Waals surface area contributed by atoms with E-state index in [1.807, 2.05) is 30.3 Å². The van der Waals surface area contributed by atoms with Crippen molar-refractivity contribution in [3.05, 3.63) is 103 Å². The molecule has 2 aromatic heterocycles. The van der Waals surface area contributed by atoms with Gasteiger partial charge >= 0.3 is 0 Å². The van der Waals surface area contributed by atoms with E-state index in [-0.39, 0.29) is 16.8 Å². The van der Waals surface area contributed by atoms with Gasteiger partial charge in [0.05, 0.1) is 11.0 Å². The molecule has 3 N–H and O–H groups in total. The van der Waals surface area contributed by atoms with E-state index in [0.29, 0.717) is 13.1 Å². The quantitative estimate of drug-likeness (QED) is 0.309. The lowest BCUT2D eigenvalue weighted by Gasteiger charge is -2.27. The number of ether oxygens (including phenoxy) is 1. The van der Waals surface area contributed by atoms with Gasteiger partial charge < -0.3 is 15.2 Å². The van der Waals surface area contributed by atoms with Gasteiger partial charge in [0.1, 0.15) is 17.7 Å². The van der Waals surface area contributed by atoms with E-state index in [2.05, 4.69) is 26.1 Å². The third-order valence-corrected chi connectivity index (χ3v) is 7.60. The molecule has 0 saturated carbocycles. The highest BCUT2D eigenvalue weighted by Gasteiger charge is 2.21. The summed E-state index contributed by atoms with van der Waals surface area (Å²) in [6.07, 6.45) is 5.96. The van der Waals surface area contributed by atoms with Crippen LogP contribution in [-0.2, 0) is 16.4 Å². The fourth-order valence-electron chi connectivity index (χ4n) is 4.30. The second-order valence-corrected chi connectivity index (χ2v) is 10.6. The lowest BCUT2D eigenvalue weighted by molar-refractivity contribution is 0.146. The number of sulfonamides is 1. The Balaban J connectivity index is 1.22. The Morgan fingerprint density at radius 2 is 1.89 bits per heavy atom. The highest BCUT2D eigenvalue weighted by atomic mass is 32.2. The zero-order chi connectivity index (χ0) is 25.7. The minimum atomic E-state index is -3.77. The molecule has 1 aliphatic heterocycles. The minimum Gasteiger partial charge on any atom is -0.489 e. The molecule has 0 saturated heterocycles. The second-order valence-electron chi connectivity index (χ2n) is 8.91. The average Bonchev–Trinajstić information content (AvgIpc) is 2.93. The monoisotopic (exact) mass is 516 g/mol. The van der Waals surface area contributed by atoms with Gasteiger partial charge in [-0.3, -0.25) is 9.71 Å². The van der Waals surface area contributed by atoms with E-state index >= 15 is 0 Å². The number of fused-ring (bicyclic) bond motifs is 1. The first-order chi connectivity index (χ1) is 18.0. The second kappa shape index (κ2) is 11.1. The SMILES string of the molecule is O=S(=O)(Nc1ccccn1)c1cccc(-c2ccc3c(c2)CCC(CNCC(O)c2cccnc2)O3)c1. The number of aryl methyl sites for hydroxylation is 1. The molecule has 0 spiro atoms. The molecule has 2 aromatic carbocycles. The summed E-state index contributed by atoms with van der Waals surface area (Å²) in [6.45, 7) is 1.05. The van der Waals surface area contributed by atoms with Gasteiger partial charge in [-0.2, -0.15) is 0 Å². The van der Waals surface area contributed by atoms with Crippen LogP contribution in [0.2, 0.25) is 0 Å². The Hall–Kier alpha value is -3.79. The van der Waals surface area contributed by atoms with E-state index in [4.69, 9.17) is 4.74 Å². The highest BCUT2D eigenvalue weighted by Crippen LogP contribution is 2.33. The molecule has 37 heavy (non-hydrogen) atoms. The molecule has 5 rings (SSSR count). The predicted molar refractivity (Wildman–Crippen MR) is 142 cm³/mol. The lowest BCUT2D eigenvalue weighted by Crippen LogP contribution is -2.36. The summed E-state index contributed by atoms with van der Waals surface area (Å²) >= 11 is 0. The molecule has 2 atom stereocenters. The normalized spacial score (nSPS) is 15.9. The smallest absolute Gasteiger partial charge is 0.263 e. The van der Waals surface area contributed by atoms with Gasteiger partial charge in [-0.1, -0.05) is 30.3 Å². The van der Waals surface area contributed by atoms with Crippen molar-refractivity contribution in [2.24, 2.45) is 0 Å². The van der Waals surface area contributed by atoms with Crippen LogP contribution in [0.5, 0.6) is 5.75 Å². The number of pyridine rings is 2. The van der Waals surface area contributed by atoms with E-state index in [1.54, 1.807) is 48.8 Å². The van der Waals surface area contributed by atoms with E-state index in [0.717, 1.165) is 40.8 Å². The van der Waals surface area contributed by atoms with Gasteiger partial charge in [-0.25, -0.2) is 13.4 Å². The number of benzene rings is 2. The van der Waals surface area contributed by atoms with E-state index in [9.17, 15) is 13.5 Å². The number of hydrogen-bond donors (Lipinski definition) is 3. The number of nitrogens with zero attached hydrogens (tertiary/aromatic N) is 2. The molecule has 0 fully saturated rings. The molecular formula is C28H28N4O4S. The van der Waals surface area contributed by atoms with Crippen molar-refractivity contribution in [3.8, 4) is 16.9 Å². The molecule has 0 amide bonds. The first-order valence-electron chi connectivity index (χ1n) is 12.1.